The molecule has 0 aliphatic carbocycles. The predicted molar refractivity (Wildman–Crippen MR) is 180 cm³/mol. The van der Waals surface area contributed by atoms with Crippen molar-refractivity contribution in [3.8, 4) is 33.4 Å². The van der Waals surface area contributed by atoms with E-state index in [1.165, 1.54) is 76.5 Å². The maximum absolute atomic E-state index is 3.67. The molecule has 8 aromatic rings. The first-order chi connectivity index (χ1) is 20.3. The van der Waals surface area contributed by atoms with Crippen LogP contribution in [0.3, 0.4) is 0 Å². The minimum absolute atomic E-state index is 1.09. The van der Waals surface area contributed by atoms with Gasteiger partial charge in [0.25, 0.3) is 0 Å². The highest BCUT2D eigenvalue weighted by atomic mass is 79.9. The van der Waals surface area contributed by atoms with Crippen molar-refractivity contribution in [2.24, 2.45) is 0 Å². The van der Waals surface area contributed by atoms with Crippen molar-refractivity contribution < 1.29 is 0 Å². The van der Waals surface area contributed by atoms with Crippen molar-refractivity contribution in [1.29, 1.82) is 0 Å². The summed E-state index contributed by atoms with van der Waals surface area (Å²) in [6.07, 6.45) is 0. The van der Waals surface area contributed by atoms with Crippen LogP contribution >= 0.6 is 15.9 Å². The van der Waals surface area contributed by atoms with Gasteiger partial charge in [0.05, 0.1) is 0 Å². The molecular weight excluding hydrogens is 560 g/mol. The summed E-state index contributed by atoms with van der Waals surface area (Å²) in [7, 11) is 0. The number of fused-ring (bicyclic) bond motifs is 4. The Morgan fingerprint density at radius 1 is 0.317 bits per heavy atom. The van der Waals surface area contributed by atoms with Gasteiger partial charge in [-0.15, -0.1) is 0 Å². The Morgan fingerprint density at radius 2 is 0.854 bits per heavy atom. The van der Waals surface area contributed by atoms with Crippen LogP contribution < -0.4 is 0 Å². The molecule has 0 saturated carbocycles. The van der Waals surface area contributed by atoms with E-state index in [1.807, 2.05) is 0 Å². The highest BCUT2D eigenvalue weighted by Gasteiger charge is 2.19. The zero-order valence-electron chi connectivity index (χ0n) is 22.3. The number of benzene rings is 8. The first kappa shape index (κ1) is 24.1. The Hall–Kier alpha value is -4.72. The number of halogens is 1. The molecule has 0 heterocycles. The van der Waals surface area contributed by atoms with E-state index in [0.29, 0.717) is 0 Å². The van der Waals surface area contributed by atoms with Crippen LogP contribution in [0, 0.1) is 0 Å². The minimum atomic E-state index is 1.09. The molecule has 0 N–H and O–H groups in total. The van der Waals surface area contributed by atoms with Crippen molar-refractivity contribution in [2.45, 2.75) is 0 Å². The zero-order valence-corrected chi connectivity index (χ0v) is 23.9. The lowest BCUT2D eigenvalue weighted by Crippen LogP contribution is -1.92. The Labute approximate surface area is 247 Å². The summed E-state index contributed by atoms with van der Waals surface area (Å²) < 4.78 is 1.09. The third-order valence-corrected chi connectivity index (χ3v) is 8.79. The van der Waals surface area contributed by atoms with E-state index in [0.717, 1.165) is 4.47 Å². The van der Waals surface area contributed by atoms with Crippen LogP contribution in [0.5, 0.6) is 0 Å². The van der Waals surface area contributed by atoms with Crippen molar-refractivity contribution in [1.82, 2.24) is 0 Å². The summed E-state index contributed by atoms with van der Waals surface area (Å²) in [6, 6.07) is 55.3. The van der Waals surface area contributed by atoms with E-state index < -0.39 is 0 Å². The average molecular weight is 586 g/mol. The topological polar surface area (TPSA) is 0 Å². The lowest BCUT2D eigenvalue weighted by Gasteiger charge is -2.20. The molecule has 0 aliphatic rings. The van der Waals surface area contributed by atoms with Gasteiger partial charge in [0.15, 0.2) is 0 Å². The lowest BCUT2D eigenvalue weighted by atomic mass is 9.83. The summed E-state index contributed by atoms with van der Waals surface area (Å²) in [4.78, 5) is 0. The van der Waals surface area contributed by atoms with Gasteiger partial charge in [-0.05, 0) is 94.7 Å². The maximum atomic E-state index is 3.67. The van der Waals surface area contributed by atoms with Gasteiger partial charge in [-0.2, -0.15) is 0 Å². The van der Waals surface area contributed by atoms with Crippen LogP contribution in [0.15, 0.2) is 156 Å². The van der Waals surface area contributed by atoms with Crippen LogP contribution in [-0.2, 0) is 0 Å². The molecule has 0 nitrogen and oxygen atoms in total. The summed E-state index contributed by atoms with van der Waals surface area (Å²) >= 11 is 3.67. The van der Waals surface area contributed by atoms with Crippen molar-refractivity contribution >= 4 is 59.0 Å². The molecule has 0 unspecified atom stereocenters. The molecule has 0 atom stereocenters. The molecule has 0 aliphatic heterocycles. The largest absolute Gasteiger partial charge is 0.0616 e. The van der Waals surface area contributed by atoms with Crippen molar-refractivity contribution in [3.05, 3.63) is 156 Å². The van der Waals surface area contributed by atoms with Crippen molar-refractivity contribution in [2.75, 3.05) is 0 Å². The van der Waals surface area contributed by atoms with Gasteiger partial charge in [-0.3, -0.25) is 0 Å². The Bertz CT molecular complexity index is 2220. The third-order valence-electron chi connectivity index (χ3n) is 8.30. The molecule has 192 valence electrons. The van der Waals surface area contributed by atoms with Crippen LogP contribution in [0.2, 0.25) is 0 Å². The van der Waals surface area contributed by atoms with Crippen LogP contribution in [0.4, 0.5) is 0 Å². The van der Waals surface area contributed by atoms with E-state index in [-0.39, 0.29) is 0 Å². The van der Waals surface area contributed by atoms with Crippen LogP contribution in [-0.4, -0.2) is 0 Å². The Morgan fingerprint density at radius 3 is 1.51 bits per heavy atom. The fraction of sp³-hybridized carbons (Fsp3) is 0. The van der Waals surface area contributed by atoms with E-state index in [2.05, 4.69) is 168 Å². The minimum Gasteiger partial charge on any atom is -0.0616 e. The number of hydrogen-bond acceptors (Lipinski definition) is 0. The van der Waals surface area contributed by atoms with E-state index in [9.17, 15) is 0 Å². The van der Waals surface area contributed by atoms with Gasteiger partial charge in [0.2, 0.25) is 0 Å². The maximum Gasteiger partial charge on any atom is 0.0181 e. The molecular formula is C40H25Br. The normalized spacial score (nSPS) is 11.5. The molecule has 8 rings (SSSR count). The third kappa shape index (κ3) is 3.96. The van der Waals surface area contributed by atoms with Gasteiger partial charge in [0.1, 0.15) is 0 Å². The van der Waals surface area contributed by atoms with E-state index in [4.69, 9.17) is 0 Å². The fourth-order valence-corrected chi connectivity index (χ4v) is 6.90. The second kappa shape index (κ2) is 9.73. The van der Waals surface area contributed by atoms with Crippen LogP contribution in [0.25, 0.3) is 76.5 Å². The van der Waals surface area contributed by atoms with Crippen molar-refractivity contribution in [3.63, 3.8) is 0 Å². The summed E-state index contributed by atoms with van der Waals surface area (Å²) in [6.45, 7) is 0. The molecule has 0 radical (unpaired) electrons. The number of hydrogen-bond donors (Lipinski definition) is 0. The summed E-state index contributed by atoms with van der Waals surface area (Å²) in [5.74, 6) is 0. The molecule has 0 saturated heterocycles. The molecule has 0 bridgehead atoms. The molecule has 0 amide bonds. The Kier molecular flexibility index (Phi) is 5.72. The first-order valence-corrected chi connectivity index (χ1v) is 14.8. The number of rotatable bonds is 3. The SMILES string of the molecule is Brc1cccc(-c2ccc(-c3c4ccccc4c(-c4ccc5ccccc5c4)c4ccccc34)c3ccccc23)c1. The molecule has 41 heavy (non-hydrogen) atoms. The molecule has 0 spiro atoms. The molecule has 0 fully saturated rings. The average Bonchev–Trinajstić information content (AvgIpc) is 3.03. The summed E-state index contributed by atoms with van der Waals surface area (Å²) in [5, 5.41) is 10.1. The highest BCUT2D eigenvalue weighted by molar-refractivity contribution is 9.10. The molecule has 1 heteroatoms. The van der Waals surface area contributed by atoms with E-state index >= 15 is 0 Å². The predicted octanol–water partition coefficient (Wildman–Crippen LogP) is 12.1. The van der Waals surface area contributed by atoms with Gasteiger partial charge >= 0.3 is 0 Å². The molecule has 0 aromatic heterocycles. The highest BCUT2D eigenvalue weighted by Crippen LogP contribution is 2.46. The first-order valence-electron chi connectivity index (χ1n) is 14.0. The van der Waals surface area contributed by atoms with Gasteiger partial charge < -0.3 is 0 Å². The lowest BCUT2D eigenvalue weighted by molar-refractivity contribution is 1.61. The van der Waals surface area contributed by atoms with E-state index in [1.54, 1.807) is 0 Å². The quantitative estimate of drug-likeness (QED) is 0.181. The standard InChI is InChI=1S/C40H25Br/c41-30-13-9-12-28(25-30)31-22-23-38(33-15-4-3-14-32(31)33)40-36-18-7-5-16-34(36)39(35-17-6-8-19-37(35)40)29-21-20-26-10-1-2-11-27(26)24-29/h1-25H. The summed E-state index contributed by atoms with van der Waals surface area (Å²) in [5.41, 5.74) is 7.54. The van der Waals surface area contributed by atoms with Gasteiger partial charge in [-0.1, -0.05) is 149 Å². The monoisotopic (exact) mass is 584 g/mol. The van der Waals surface area contributed by atoms with Crippen LogP contribution in [0.1, 0.15) is 0 Å². The molecule has 8 aromatic carbocycles. The zero-order chi connectivity index (χ0) is 27.3. The second-order valence-electron chi connectivity index (χ2n) is 10.6. The smallest absolute Gasteiger partial charge is 0.0181 e. The fourth-order valence-electron chi connectivity index (χ4n) is 6.50. The Balaban J connectivity index is 1.47. The second-order valence-corrected chi connectivity index (χ2v) is 11.5. The van der Waals surface area contributed by atoms with Gasteiger partial charge in [0, 0.05) is 4.47 Å². The van der Waals surface area contributed by atoms with Gasteiger partial charge in [-0.25, -0.2) is 0 Å².